The Morgan fingerprint density at radius 1 is 1.53 bits per heavy atom. The number of aromatic nitrogens is 1. The van der Waals surface area contributed by atoms with Crippen LogP contribution in [0.4, 0.5) is 0 Å². The minimum atomic E-state index is -3.28. The first-order valence-electron chi connectivity index (χ1n) is 5.81. The summed E-state index contributed by atoms with van der Waals surface area (Å²) in [6.45, 7) is 2.13. The third-order valence-electron chi connectivity index (χ3n) is 3.18. The number of aryl methyl sites for hydroxylation is 1. The monoisotopic (exact) mass is 257 g/mol. The lowest BCUT2D eigenvalue weighted by Gasteiger charge is -2.15. The molecule has 96 valence electrons. The maximum atomic E-state index is 12.3. The van der Waals surface area contributed by atoms with Crippen molar-refractivity contribution in [3.05, 3.63) is 18.5 Å². The molecule has 0 saturated carbocycles. The molecule has 0 amide bonds. The molecule has 1 aromatic heterocycles. The Balaban J connectivity index is 2.13. The van der Waals surface area contributed by atoms with Gasteiger partial charge in [-0.1, -0.05) is 0 Å². The molecule has 0 radical (unpaired) electrons. The van der Waals surface area contributed by atoms with E-state index in [1.165, 1.54) is 0 Å². The summed E-state index contributed by atoms with van der Waals surface area (Å²) < 4.78 is 27.9. The highest BCUT2D eigenvalue weighted by Crippen LogP contribution is 2.23. The second-order valence-corrected chi connectivity index (χ2v) is 6.53. The summed E-state index contributed by atoms with van der Waals surface area (Å²) in [5.74, 6) is 0.429. The van der Waals surface area contributed by atoms with E-state index in [4.69, 9.17) is 0 Å². The van der Waals surface area contributed by atoms with Gasteiger partial charge in [0.1, 0.15) is 0 Å². The topological polar surface area (TPSA) is 54.3 Å². The number of rotatable bonds is 4. The Hall–Kier alpha value is -0.850. The van der Waals surface area contributed by atoms with Crippen LogP contribution in [-0.4, -0.2) is 44.0 Å². The summed E-state index contributed by atoms with van der Waals surface area (Å²) in [6.07, 6.45) is 4.35. The van der Waals surface area contributed by atoms with Crippen molar-refractivity contribution in [1.82, 2.24) is 14.2 Å². The van der Waals surface area contributed by atoms with Crippen molar-refractivity contribution >= 4 is 10.0 Å². The lowest BCUT2D eigenvalue weighted by Crippen LogP contribution is -2.30. The smallest absolute Gasteiger partial charge is 0.244 e. The van der Waals surface area contributed by atoms with Gasteiger partial charge in [0.05, 0.1) is 4.90 Å². The lowest BCUT2D eigenvalue weighted by molar-refractivity contribution is 0.451. The Kier molecular flexibility index (Phi) is 3.56. The SMILES string of the molecule is CNCC1CCN(S(=O)(=O)c2ccn(C)c2)C1. The average molecular weight is 257 g/mol. The highest BCUT2D eigenvalue weighted by atomic mass is 32.2. The van der Waals surface area contributed by atoms with Crippen molar-refractivity contribution in [2.45, 2.75) is 11.3 Å². The van der Waals surface area contributed by atoms with Gasteiger partial charge in [0.25, 0.3) is 0 Å². The van der Waals surface area contributed by atoms with E-state index in [1.807, 2.05) is 14.1 Å². The third kappa shape index (κ3) is 2.53. The van der Waals surface area contributed by atoms with Crippen LogP contribution in [0.5, 0.6) is 0 Å². The van der Waals surface area contributed by atoms with Crippen LogP contribution in [0.3, 0.4) is 0 Å². The minimum absolute atomic E-state index is 0.394. The number of hydrogen-bond donors (Lipinski definition) is 1. The fourth-order valence-electron chi connectivity index (χ4n) is 2.25. The molecule has 2 heterocycles. The van der Waals surface area contributed by atoms with Gasteiger partial charge in [-0.25, -0.2) is 8.42 Å². The van der Waals surface area contributed by atoms with Crippen molar-refractivity contribution in [2.24, 2.45) is 13.0 Å². The molecule has 1 aliphatic heterocycles. The predicted molar refractivity (Wildman–Crippen MR) is 66.2 cm³/mol. The van der Waals surface area contributed by atoms with Crippen LogP contribution in [0.2, 0.25) is 0 Å². The lowest BCUT2D eigenvalue weighted by atomic mass is 10.1. The maximum Gasteiger partial charge on any atom is 0.244 e. The number of hydrogen-bond acceptors (Lipinski definition) is 3. The van der Waals surface area contributed by atoms with Crippen molar-refractivity contribution in [3.8, 4) is 0 Å². The largest absolute Gasteiger partial charge is 0.356 e. The zero-order valence-electron chi connectivity index (χ0n) is 10.3. The molecular weight excluding hydrogens is 238 g/mol. The molecule has 1 aromatic rings. The van der Waals surface area contributed by atoms with Crippen LogP contribution in [0.1, 0.15) is 6.42 Å². The van der Waals surface area contributed by atoms with Crippen molar-refractivity contribution in [2.75, 3.05) is 26.7 Å². The summed E-state index contributed by atoms with van der Waals surface area (Å²) in [4.78, 5) is 0.394. The van der Waals surface area contributed by atoms with Crippen LogP contribution >= 0.6 is 0 Å². The first-order chi connectivity index (χ1) is 8.04. The van der Waals surface area contributed by atoms with Crippen LogP contribution in [0, 0.1) is 5.92 Å². The van der Waals surface area contributed by atoms with Crippen LogP contribution in [0.15, 0.2) is 23.4 Å². The molecule has 1 N–H and O–H groups in total. The van der Waals surface area contributed by atoms with E-state index in [9.17, 15) is 8.42 Å². The average Bonchev–Trinajstić information content (AvgIpc) is 2.88. The molecule has 1 unspecified atom stereocenters. The van der Waals surface area contributed by atoms with Gasteiger partial charge < -0.3 is 9.88 Å². The number of sulfonamides is 1. The zero-order chi connectivity index (χ0) is 12.5. The van der Waals surface area contributed by atoms with E-state index < -0.39 is 10.0 Å². The summed E-state index contributed by atoms with van der Waals surface area (Å²) in [6, 6.07) is 1.65. The fraction of sp³-hybridized carbons (Fsp3) is 0.636. The summed E-state index contributed by atoms with van der Waals surface area (Å²) >= 11 is 0. The molecule has 17 heavy (non-hydrogen) atoms. The number of nitrogens with zero attached hydrogens (tertiary/aromatic N) is 2. The van der Waals surface area contributed by atoms with Crippen LogP contribution in [-0.2, 0) is 17.1 Å². The quantitative estimate of drug-likeness (QED) is 0.841. The Bertz CT molecular complexity index is 481. The highest BCUT2D eigenvalue weighted by Gasteiger charge is 2.32. The van der Waals surface area contributed by atoms with Gasteiger partial charge in [-0.2, -0.15) is 4.31 Å². The molecule has 0 aliphatic carbocycles. The molecule has 0 aromatic carbocycles. The first-order valence-corrected chi connectivity index (χ1v) is 7.25. The minimum Gasteiger partial charge on any atom is -0.356 e. The summed E-state index contributed by atoms with van der Waals surface area (Å²) in [5, 5.41) is 3.10. The van der Waals surface area contributed by atoms with E-state index in [0.717, 1.165) is 13.0 Å². The molecule has 1 aliphatic rings. The van der Waals surface area contributed by atoms with Gasteiger partial charge in [-0.05, 0) is 32.0 Å². The summed E-state index contributed by atoms with van der Waals surface area (Å²) in [5.41, 5.74) is 0. The molecule has 1 saturated heterocycles. The van der Waals surface area contributed by atoms with Crippen LogP contribution < -0.4 is 5.32 Å². The van der Waals surface area contributed by atoms with Crippen LogP contribution in [0.25, 0.3) is 0 Å². The van der Waals surface area contributed by atoms with E-state index in [1.54, 1.807) is 27.3 Å². The third-order valence-corrected chi connectivity index (χ3v) is 5.03. The van der Waals surface area contributed by atoms with Gasteiger partial charge in [-0.3, -0.25) is 0 Å². The number of nitrogens with one attached hydrogen (secondary N) is 1. The normalized spacial score (nSPS) is 22.1. The van der Waals surface area contributed by atoms with E-state index in [2.05, 4.69) is 5.32 Å². The van der Waals surface area contributed by atoms with E-state index >= 15 is 0 Å². The van der Waals surface area contributed by atoms with Crippen molar-refractivity contribution in [3.63, 3.8) is 0 Å². The molecule has 1 atom stereocenters. The predicted octanol–water partition coefficient (Wildman–Crippen LogP) is 0.255. The van der Waals surface area contributed by atoms with Gasteiger partial charge in [-0.15, -0.1) is 0 Å². The van der Waals surface area contributed by atoms with E-state index in [0.29, 0.717) is 23.9 Å². The van der Waals surface area contributed by atoms with Crippen molar-refractivity contribution < 1.29 is 8.42 Å². The molecular formula is C11H19N3O2S. The Morgan fingerprint density at radius 2 is 2.29 bits per heavy atom. The Labute approximate surface area is 102 Å². The molecule has 1 fully saturated rings. The zero-order valence-corrected chi connectivity index (χ0v) is 11.1. The van der Waals surface area contributed by atoms with Crippen molar-refractivity contribution in [1.29, 1.82) is 0 Å². The molecule has 0 spiro atoms. The first kappa shape index (κ1) is 12.6. The molecule has 5 nitrogen and oxygen atoms in total. The second kappa shape index (κ2) is 4.80. The van der Waals surface area contributed by atoms with Gasteiger partial charge >= 0.3 is 0 Å². The highest BCUT2D eigenvalue weighted by molar-refractivity contribution is 7.89. The van der Waals surface area contributed by atoms with Gasteiger partial charge in [0, 0.05) is 32.5 Å². The van der Waals surface area contributed by atoms with Gasteiger partial charge in [0.2, 0.25) is 10.0 Å². The second-order valence-electron chi connectivity index (χ2n) is 4.59. The maximum absolute atomic E-state index is 12.3. The molecule has 2 rings (SSSR count). The van der Waals surface area contributed by atoms with E-state index in [-0.39, 0.29) is 0 Å². The fourth-order valence-corrected chi connectivity index (χ4v) is 3.83. The summed E-state index contributed by atoms with van der Waals surface area (Å²) in [7, 11) is 0.439. The molecule has 0 bridgehead atoms. The standard InChI is InChI=1S/C11H19N3O2S/c1-12-7-10-3-6-14(8-10)17(15,16)11-4-5-13(2)9-11/h4-5,9-10,12H,3,6-8H2,1-2H3. The van der Waals surface area contributed by atoms with Gasteiger partial charge in [0.15, 0.2) is 0 Å². The Morgan fingerprint density at radius 3 is 2.88 bits per heavy atom. The molecule has 6 heteroatoms.